The Morgan fingerprint density at radius 2 is 2.30 bits per heavy atom. The number of pyridine rings is 1. The van der Waals surface area contributed by atoms with Crippen LogP contribution in [0.5, 0.6) is 0 Å². The highest BCUT2D eigenvalue weighted by molar-refractivity contribution is 5.10. The van der Waals surface area contributed by atoms with Gasteiger partial charge in [0.25, 0.3) is 5.56 Å². The van der Waals surface area contributed by atoms with Crippen LogP contribution in [0, 0.1) is 6.92 Å². The Morgan fingerprint density at radius 1 is 1.39 bits per heavy atom. The molecule has 1 fully saturated rings. The monoisotopic (exact) mass is 314 g/mol. The Hall–Kier alpha value is -2.05. The SMILES string of the molecule is Cc1cccc(CN2CCO[C@@H](CCc3cc(=O)[nH]cn3)C2)n1. The summed E-state index contributed by atoms with van der Waals surface area (Å²) >= 11 is 0. The number of aromatic nitrogens is 3. The van der Waals surface area contributed by atoms with Gasteiger partial charge in [-0.15, -0.1) is 0 Å². The summed E-state index contributed by atoms with van der Waals surface area (Å²) in [4.78, 5) is 24.9. The van der Waals surface area contributed by atoms with Gasteiger partial charge in [0.05, 0.1) is 24.7 Å². The van der Waals surface area contributed by atoms with Gasteiger partial charge in [-0.3, -0.25) is 14.7 Å². The second kappa shape index (κ2) is 7.48. The van der Waals surface area contributed by atoms with Crippen molar-refractivity contribution in [2.45, 2.75) is 32.4 Å². The van der Waals surface area contributed by atoms with E-state index in [2.05, 4.69) is 25.9 Å². The summed E-state index contributed by atoms with van der Waals surface area (Å²) in [5.41, 5.74) is 2.86. The molecule has 0 radical (unpaired) electrons. The predicted molar refractivity (Wildman–Crippen MR) is 87.2 cm³/mol. The average molecular weight is 314 g/mol. The lowest BCUT2D eigenvalue weighted by molar-refractivity contribution is -0.0350. The van der Waals surface area contributed by atoms with Gasteiger partial charge in [-0.05, 0) is 31.9 Å². The van der Waals surface area contributed by atoms with Crippen LogP contribution in [0.1, 0.15) is 23.5 Å². The van der Waals surface area contributed by atoms with Crippen LogP contribution in [-0.2, 0) is 17.7 Å². The number of hydrogen-bond donors (Lipinski definition) is 1. The molecule has 1 atom stereocenters. The Bertz CT molecular complexity index is 701. The second-order valence-corrected chi connectivity index (χ2v) is 5.94. The standard InChI is InChI=1S/C17H22N4O2/c1-13-3-2-4-15(20-13)10-21-7-8-23-16(11-21)6-5-14-9-17(22)19-12-18-14/h2-4,9,12,16H,5-8,10-11H2,1H3,(H,18,19,22)/t16-/m0/s1. The first kappa shape index (κ1) is 15.8. The topological polar surface area (TPSA) is 71.1 Å². The molecule has 0 aliphatic carbocycles. The van der Waals surface area contributed by atoms with Crippen molar-refractivity contribution in [3.05, 3.63) is 58.0 Å². The van der Waals surface area contributed by atoms with E-state index in [1.54, 1.807) is 6.07 Å². The molecule has 0 unspecified atom stereocenters. The van der Waals surface area contributed by atoms with E-state index in [-0.39, 0.29) is 11.7 Å². The fourth-order valence-corrected chi connectivity index (χ4v) is 2.87. The first-order chi connectivity index (χ1) is 11.2. The lowest BCUT2D eigenvalue weighted by Gasteiger charge is -2.32. The molecule has 3 heterocycles. The molecule has 0 saturated carbocycles. The summed E-state index contributed by atoms with van der Waals surface area (Å²) in [5.74, 6) is 0. The van der Waals surface area contributed by atoms with E-state index in [4.69, 9.17) is 4.74 Å². The van der Waals surface area contributed by atoms with Crippen LogP contribution in [0.4, 0.5) is 0 Å². The molecule has 0 amide bonds. The molecule has 6 heteroatoms. The number of H-pyrrole nitrogens is 1. The molecule has 1 saturated heterocycles. The largest absolute Gasteiger partial charge is 0.376 e. The van der Waals surface area contributed by atoms with Crippen molar-refractivity contribution < 1.29 is 4.74 Å². The van der Waals surface area contributed by atoms with Gasteiger partial charge >= 0.3 is 0 Å². The minimum Gasteiger partial charge on any atom is -0.376 e. The van der Waals surface area contributed by atoms with Crippen molar-refractivity contribution in [1.82, 2.24) is 19.9 Å². The molecular weight excluding hydrogens is 292 g/mol. The lowest BCUT2D eigenvalue weighted by Crippen LogP contribution is -2.42. The smallest absolute Gasteiger partial charge is 0.250 e. The van der Waals surface area contributed by atoms with Gasteiger partial charge in [-0.25, -0.2) is 4.98 Å². The number of rotatable bonds is 5. The van der Waals surface area contributed by atoms with Gasteiger partial charge < -0.3 is 9.72 Å². The van der Waals surface area contributed by atoms with E-state index in [1.807, 2.05) is 19.1 Å². The fraction of sp³-hybridized carbons (Fsp3) is 0.471. The van der Waals surface area contributed by atoms with E-state index in [0.29, 0.717) is 0 Å². The number of morpholine rings is 1. The van der Waals surface area contributed by atoms with Crippen LogP contribution in [0.2, 0.25) is 0 Å². The number of nitrogens with zero attached hydrogens (tertiary/aromatic N) is 3. The second-order valence-electron chi connectivity index (χ2n) is 5.94. The third-order valence-corrected chi connectivity index (χ3v) is 4.01. The molecule has 122 valence electrons. The molecule has 3 rings (SSSR count). The van der Waals surface area contributed by atoms with Gasteiger partial charge in [0.2, 0.25) is 0 Å². The highest BCUT2D eigenvalue weighted by Crippen LogP contribution is 2.13. The van der Waals surface area contributed by atoms with E-state index in [9.17, 15) is 4.79 Å². The van der Waals surface area contributed by atoms with Crippen LogP contribution < -0.4 is 5.56 Å². The summed E-state index contributed by atoms with van der Waals surface area (Å²) in [5, 5.41) is 0. The zero-order chi connectivity index (χ0) is 16.1. The quantitative estimate of drug-likeness (QED) is 0.901. The summed E-state index contributed by atoms with van der Waals surface area (Å²) < 4.78 is 5.85. The fourth-order valence-electron chi connectivity index (χ4n) is 2.87. The molecular formula is C17H22N4O2. The Kier molecular flexibility index (Phi) is 5.15. The normalized spacial score (nSPS) is 18.9. The predicted octanol–water partition coefficient (Wildman–Crippen LogP) is 1.31. The lowest BCUT2D eigenvalue weighted by atomic mass is 10.1. The Morgan fingerprint density at radius 3 is 3.13 bits per heavy atom. The first-order valence-electron chi connectivity index (χ1n) is 7.99. The van der Waals surface area contributed by atoms with Crippen LogP contribution in [0.25, 0.3) is 0 Å². The van der Waals surface area contributed by atoms with Crippen molar-refractivity contribution in [3.8, 4) is 0 Å². The Labute approximate surface area is 135 Å². The maximum atomic E-state index is 11.3. The molecule has 2 aromatic rings. The summed E-state index contributed by atoms with van der Waals surface area (Å²) in [6.07, 6.45) is 3.25. The molecule has 2 aromatic heterocycles. The minimum absolute atomic E-state index is 0.105. The highest BCUT2D eigenvalue weighted by Gasteiger charge is 2.20. The highest BCUT2D eigenvalue weighted by atomic mass is 16.5. The van der Waals surface area contributed by atoms with Crippen LogP contribution in [0.3, 0.4) is 0 Å². The number of aromatic amines is 1. The van der Waals surface area contributed by atoms with Crippen molar-refractivity contribution in [2.75, 3.05) is 19.7 Å². The summed E-state index contributed by atoms with van der Waals surface area (Å²) in [6.45, 7) is 5.42. The van der Waals surface area contributed by atoms with Crippen LogP contribution in [0.15, 0.2) is 35.4 Å². The van der Waals surface area contributed by atoms with Gasteiger partial charge in [0.1, 0.15) is 0 Å². The molecule has 6 nitrogen and oxygen atoms in total. The van der Waals surface area contributed by atoms with E-state index in [0.717, 1.165) is 56.2 Å². The van der Waals surface area contributed by atoms with Gasteiger partial charge in [-0.1, -0.05) is 6.07 Å². The third kappa shape index (κ3) is 4.71. The number of hydrogen-bond acceptors (Lipinski definition) is 5. The first-order valence-corrected chi connectivity index (χ1v) is 7.99. The van der Waals surface area contributed by atoms with Crippen molar-refractivity contribution in [2.24, 2.45) is 0 Å². The number of aryl methyl sites for hydroxylation is 2. The zero-order valence-corrected chi connectivity index (χ0v) is 13.4. The molecule has 0 spiro atoms. The van der Waals surface area contributed by atoms with Crippen molar-refractivity contribution in [3.63, 3.8) is 0 Å². The molecule has 1 aliphatic rings. The van der Waals surface area contributed by atoms with Gasteiger partial charge in [0, 0.05) is 37.1 Å². The summed E-state index contributed by atoms with van der Waals surface area (Å²) in [6, 6.07) is 7.68. The summed E-state index contributed by atoms with van der Waals surface area (Å²) in [7, 11) is 0. The van der Waals surface area contributed by atoms with Crippen LogP contribution in [-0.4, -0.2) is 45.7 Å². The Balaban J connectivity index is 1.52. The van der Waals surface area contributed by atoms with Gasteiger partial charge in [0.15, 0.2) is 0 Å². The number of ether oxygens (including phenoxy) is 1. The third-order valence-electron chi connectivity index (χ3n) is 4.01. The van der Waals surface area contributed by atoms with E-state index < -0.39 is 0 Å². The molecule has 1 N–H and O–H groups in total. The maximum absolute atomic E-state index is 11.3. The molecule has 1 aliphatic heterocycles. The average Bonchev–Trinajstić information content (AvgIpc) is 2.53. The molecule has 0 bridgehead atoms. The zero-order valence-electron chi connectivity index (χ0n) is 13.4. The van der Waals surface area contributed by atoms with E-state index in [1.165, 1.54) is 6.33 Å². The minimum atomic E-state index is -0.105. The van der Waals surface area contributed by atoms with E-state index >= 15 is 0 Å². The van der Waals surface area contributed by atoms with Crippen LogP contribution >= 0.6 is 0 Å². The van der Waals surface area contributed by atoms with Gasteiger partial charge in [-0.2, -0.15) is 0 Å². The number of nitrogens with one attached hydrogen (secondary N) is 1. The van der Waals surface area contributed by atoms with Crippen molar-refractivity contribution in [1.29, 1.82) is 0 Å². The van der Waals surface area contributed by atoms with Crippen molar-refractivity contribution >= 4 is 0 Å². The molecule has 0 aromatic carbocycles. The maximum Gasteiger partial charge on any atom is 0.250 e. The molecule has 23 heavy (non-hydrogen) atoms.